The zero-order valence-electron chi connectivity index (χ0n) is 11.5. The van der Waals surface area contributed by atoms with E-state index in [4.69, 9.17) is 5.73 Å². The lowest BCUT2D eigenvalue weighted by molar-refractivity contribution is 0.204. The fourth-order valence-corrected chi connectivity index (χ4v) is 2.47. The summed E-state index contributed by atoms with van der Waals surface area (Å²) >= 11 is 0. The molecule has 2 heterocycles. The Labute approximate surface area is 113 Å². The fourth-order valence-electron chi connectivity index (χ4n) is 2.47. The number of anilines is 2. The molecule has 0 spiro atoms. The summed E-state index contributed by atoms with van der Waals surface area (Å²) in [7, 11) is 0. The second kappa shape index (κ2) is 6.56. The molecule has 1 saturated heterocycles. The number of piperidine rings is 1. The molecule has 19 heavy (non-hydrogen) atoms. The molecular formula is C13H23N5O. The van der Waals surface area contributed by atoms with Crippen LogP contribution in [0.25, 0.3) is 0 Å². The van der Waals surface area contributed by atoms with Crippen LogP contribution in [-0.4, -0.2) is 41.0 Å². The van der Waals surface area contributed by atoms with Crippen molar-refractivity contribution in [3.05, 3.63) is 16.7 Å². The molecule has 6 heteroatoms. The van der Waals surface area contributed by atoms with Crippen molar-refractivity contribution in [1.82, 2.24) is 14.9 Å². The van der Waals surface area contributed by atoms with Crippen LogP contribution in [-0.2, 0) is 0 Å². The molecule has 1 atom stereocenters. The first-order valence-electron chi connectivity index (χ1n) is 6.96. The second-order valence-corrected chi connectivity index (χ2v) is 5.34. The molecule has 0 saturated carbocycles. The first kappa shape index (κ1) is 13.9. The largest absolute Gasteiger partial charge is 0.391 e. The van der Waals surface area contributed by atoms with E-state index >= 15 is 0 Å². The van der Waals surface area contributed by atoms with Gasteiger partial charge in [-0.3, -0.25) is 4.79 Å². The maximum atomic E-state index is 11.3. The van der Waals surface area contributed by atoms with Gasteiger partial charge in [0, 0.05) is 13.1 Å². The Bertz CT molecular complexity index is 453. The predicted octanol–water partition coefficient (Wildman–Crippen LogP) is 0.886. The molecule has 1 aromatic rings. The highest BCUT2D eigenvalue weighted by molar-refractivity contribution is 5.58. The standard InChI is InChI=1S/C13H23N5O/c1-10(8-18-5-3-2-4-6-18)7-15-12-11(14)13(19)17-9-16-12/h9-10H,2-8,14H2,1H3,(H2,15,16,17,19). The molecule has 1 unspecified atom stereocenters. The maximum absolute atomic E-state index is 11.3. The molecule has 1 aliphatic rings. The maximum Gasteiger partial charge on any atom is 0.276 e. The Morgan fingerprint density at radius 2 is 2.21 bits per heavy atom. The number of nitrogen functional groups attached to an aromatic ring is 1. The molecule has 106 valence electrons. The Kier molecular flexibility index (Phi) is 4.79. The zero-order chi connectivity index (χ0) is 13.7. The highest BCUT2D eigenvalue weighted by Gasteiger charge is 2.14. The van der Waals surface area contributed by atoms with Crippen molar-refractivity contribution in [3.8, 4) is 0 Å². The summed E-state index contributed by atoms with van der Waals surface area (Å²) in [5.74, 6) is 0.979. The number of hydrogen-bond donors (Lipinski definition) is 3. The number of H-pyrrole nitrogens is 1. The van der Waals surface area contributed by atoms with Crippen LogP contribution in [0.2, 0.25) is 0 Å². The van der Waals surface area contributed by atoms with Gasteiger partial charge in [-0.15, -0.1) is 0 Å². The number of hydrogen-bond acceptors (Lipinski definition) is 5. The SMILES string of the molecule is CC(CNc1nc[nH]c(=O)c1N)CN1CCCCC1. The summed E-state index contributed by atoms with van der Waals surface area (Å²) in [4.78, 5) is 20.3. The molecule has 0 amide bonds. The van der Waals surface area contributed by atoms with E-state index in [1.54, 1.807) is 0 Å². The van der Waals surface area contributed by atoms with Gasteiger partial charge in [-0.1, -0.05) is 13.3 Å². The summed E-state index contributed by atoms with van der Waals surface area (Å²) in [6.07, 6.45) is 5.35. The topological polar surface area (TPSA) is 87.0 Å². The first-order valence-corrected chi connectivity index (χ1v) is 6.96. The normalized spacial score (nSPS) is 18.2. The minimum Gasteiger partial charge on any atom is -0.391 e. The smallest absolute Gasteiger partial charge is 0.276 e. The number of rotatable bonds is 5. The lowest BCUT2D eigenvalue weighted by atomic mass is 10.1. The van der Waals surface area contributed by atoms with Gasteiger partial charge in [0.05, 0.1) is 6.33 Å². The summed E-state index contributed by atoms with van der Waals surface area (Å²) < 4.78 is 0. The van der Waals surface area contributed by atoms with E-state index in [1.807, 2.05) is 0 Å². The molecule has 4 N–H and O–H groups in total. The van der Waals surface area contributed by atoms with Gasteiger partial charge in [-0.05, 0) is 31.8 Å². The third-order valence-electron chi connectivity index (χ3n) is 3.53. The van der Waals surface area contributed by atoms with E-state index in [2.05, 4.69) is 27.1 Å². The minimum atomic E-state index is -0.291. The summed E-state index contributed by atoms with van der Waals surface area (Å²) in [6.45, 7) is 6.46. The van der Waals surface area contributed by atoms with Crippen LogP contribution in [0.3, 0.4) is 0 Å². The molecule has 0 radical (unpaired) electrons. The van der Waals surface area contributed by atoms with Crippen molar-refractivity contribution >= 4 is 11.5 Å². The van der Waals surface area contributed by atoms with Crippen molar-refractivity contribution in [1.29, 1.82) is 0 Å². The van der Waals surface area contributed by atoms with Crippen LogP contribution < -0.4 is 16.6 Å². The van der Waals surface area contributed by atoms with Gasteiger partial charge in [0.1, 0.15) is 5.69 Å². The van der Waals surface area contributed by atoms with Crippen molar-refractivity contribution in [2.75, 3.05) is 37.2 Å². The van der Waals surface area contributed by atoms with Crippen LogP contribution in [0.15, 0.2) is 11.1 Å². The lowest BCUT2D eigenvalue weighted by Gasteiger charge is -2.29. The van der Waals surface area contributed by atoms with E-state index in [9.17, 15) is 4.79 Å². The van der Waals surface area contributed by atoms with Crippen molar-refractivity contribution < 1.29 is 0 Å². The van der Waals surface area contributed by atoms with Crippen LogP contribution in [0.5, 0.6) is 0 Å². The van der Waals surface area contributed by atoms with Gasteiger partial charge >= 0.3 is 0 Å². The van der Waals surface area contributed by atoms with Crippen LogP contribution >= 0.6 is 0 Å². The van der Waals surface area contributed by atoms with E-state index in [0.717, 1.165) is 13.1 Å². The number of aromatic amines is 1. The summed E-state index contributed by atoms with van der Waals surface area (Å²) in [6, 6.07) is 0. The Morgan fingerprint density at radius 1 is 1.47 bits per heavy atom. The van der Waals surface area contributed by atoms with E-state index in [-0.39, 0.29) is 11.2 Å². The minimum absolute atomic E-state index is 0.160. The molecular weight excluding hydrogens is 242 g/mol. The van der Waals surface area contributed by atoms with Gasteiger partial charge in [-0.25, -0.2) is 4.98 Å². The molecule has 0 bridgehead atoms. The fraction of sp³-hybridized carbons (Fsp3) is 0.692. The van der Waals surface area contributed by atoms with Crippen molar-refractivity contribution in [2.24, 2.45) is 5.92 Å². The van der Waals surface area contributed by atoms with E-state index in [0.29, 0.717) is 11.7 Å². The van der Waals surface area contributed by atoms with Crippen LogP contribution in [0.4, 0.5) is 11.5 Å². The molecule has 0 aromatic carbocycles. The molecule has 1 fully saturated rings. The van der Waals surface area contributed by atoms with Gasteiger partial charge in [0.2, 0.25) is 0 Å². The number of nitrogens with one attached hydrogen (secondary N) is 2. The number of likely N-dealkylation sites (tertiary alicyclic amines) is 1. The van der Waals surface area contributed by atoms with Crippen LogP contribution in [0.1, 0.15) is 26.2 Å². The van der Waals surface area contributed by atoms with Crippen LogP contribution in [0, 0.1) is 5.92 Å². The average molecular weight is 265 g/mol. The van der Waals surface area contributed by atoms with Gasteiger partial charge < -0.3 is 20.9 Å². The Hall–Kier alpha value is -1.56. The van der Waals surface area contributed by atoms with E-state index < -0.39 is 0 Å². The summed E-state index contributed by atoms with van der Waals surface area (Å²) in [5.41, 5.74) is 5.54. The molecule has 1 aromatic heterocycles. The zero-order valence-corrected chi connectivity index (χ0v) is 11.5. The molecule has 1 aliphatic heterocycles. The van der Waals surface area contributed by atoms with Gasteiger partial charge in [-0.2, -0.15) is 0 Å². The Balaban J connectivity index is 1.81. The quantitative estimate of drug-likeness (QED) is 0.736. The average Bonchev–Trinajstić information content (AvgIpc) is 2.42. The van der Waals surface area contributed by atoms with Crippen molar-refractivity contribution in [3.63, 3.8) is 0 Å². The van der Waals surface area contributed by atoms with E-state index in [1.165, 1.54) is 38.7 Å². The van der Waals surface area contributed by atoms with Gasteiger partial charge in [0.25, 0.3) is 5.56 Å². The Morgan fingerprint density at radius 3 is 2.95 bits per heavy atom. The molecule has 0 aliphatic carbocycles. The highest BCUT2D eigenvalue weighted by atomic mass is 16.1. The second-order valence-electron chi connectivity index (χ2n) is 5.34. The third kappa shape index (κ3) is 3.96. The number of nitrogens with two attached hydrogens (primary N) is 1. The third-order valence-corrected chi connectivity index (χ3v) is 3.53. The predicted molar refractivity (Wildman–Crippen MR) is 77.2 cm³/mol. The number of nitrogens with zero attached hydrogens (tertiary/aromatic N) is 2. The van der Waals surface area contributed by atoms with Crippen molar-refractivity contribution in [2.45, 2.75) is 26.2 Å². The number of aromatic nitrogens is 2. The first-order chi connectivity index (χ1) is 9.16. The van der Waals surface area contributed by atoms with Gasteiger partial charge in [0.15, 0.2) is 5.82 Å². The molecule has 2 rings (SSSR count). The monoisotopic (exact) mass is 265 g/mol. The lowest BCUT2D eigenvalue weighted by Crippen LogP contribution is -2.35. The molecule has 6 nitrogen and oxygen atoms in total. The summed E-state index contributed by atoms with van der Waals surface area (Å²) in [5, 5.41) is 3.16. The highest BCUT2D eigenvalue weighted by Crippen LogP contribution is 2.12.